The monoisotopic (exact) mass is 430 g/mol. The summed E-state index contributed by atoms with van der Waals surface area (Å²) in [6, 6.07) is 7.65. The Morgan fingerprint density at radius 1 is 1.29 bits per heavy atom. The van der Waals surface area contributed by atoms with Crippen LogP contribution in [0.25, 0.3) is 5.65 Å². The molecule has 1 N–H and O–H groups in total. The number of nitrogens with zero attached hydrogens (tertiary/aromatic N) is 3. The lowest BCUT2D eigenvalue weighted by molar-refractivity contribution is -0.137. The number of benzene rings is 1. The fraction of sp³-hybridized carbons (Fsp3) is 0.235. The number of hydrogen-bond donors (Lipinski definition) is 1. The Balaban J connectivity index is 1.63. The summed E-state index contributed by atoms with van der Waals surface area (Å²) in [4.78, 5) is 12.0. The molecule has 28 heavy (non-hydrogen) atoms. The quantitative estimate of drug-likeness (QED) is 0.582. The zero-order valence-electron chi connectivity index (χ0n) is 14.5. The molecule has 0 aliphatic carbocycles. The predicted octanol–water partition coefficient (Wildman–Crippen LogP) is 4.53. The van der Waals surface area contributed by atoms with Crippen LogP contribution in [0, 0.1) is 0 Å². The first-order chi connectivity index (χ1) is 13.3. The van der Waals surface area contributed by atoms with Gasteiger partial charge in [-0.1, -0.05) is 23.4 Å². The molecule has 0 spiro atoms. The van der Waals surface area contributed by atoms with Gasteiger partial charge in [0.2, 0.25) is 5.91 Å². The molecule has 148 valence electrons. The molecule has 0 radical (unpaired) electrons. The lowest BCUT2D eigenvalue weighted by Gasteiger charge is -2.09. The smallest absolute Gasteiger partial charge is 0.417 e. The lowest BCUT2D eigenvalue weighted by atomic mass is 10.3. The molecule has 2 aromatic heterocycles. The summed E-state index contributed by atoms with van der Waals surface area (Å²) in [5.41, 5.74) is -0.158. The maximum Gasteiger partial charge on any atom is 0.417 e. The number of amides is 1. The van der Waals surface area contributed by atoms with Crippen LogP contribution < -0.4 is 10.1 Å². The first-order valence-electron chi connectivity index (χ1n) is 7.96. The van der Waals surface area contributed by atoms with Gasteiger partial charge in [0, 0.05) is 24.1 Å². The van der Waals surface area contributed by atoms with Crippen molar-refractivity contribution in [3.05, 3.63) is 47.1 Å². The maximum atomic E-state index is 13.0. The lowest BCUT2D eigenvalue weighted by Crippen LogP contribution is -2.12. The van der Waals surface area contributed by atoms with E-state index in [1.54, 1.807) is 31.4 Å². The Kier molecular flexibility index (Phi) is 5.99. The number of fused-ring (bicyclic) bond motifs is 1. The fourth-order valence-corrected chi connectivity index (χ4v) is 3.41. The number of pyridine rings is 1. The summed E-state index contributed by atoms with van der Waals surface area (Å²) in [7, 11) is 1.55. The van der Waals surface area contributed by atoms with E-state index >= 15 is 0 Å². The van der Waals surface area contributed by atoms with Crippen LogP contribution in [-0.4, -0.2) is 33.4 Å². The second-order valence-electron chi connectivity index (χ2n) is 5.63. The van der Waals surface area contributed by atoms with Gasteiger partial charge in [-0.3, -0.25) is 9.20 Å². The van der Waals surface area contributed by atoms with Crippen molar-refractivity contribution in [1.29, 1.82) is 0 Å². The van der Waals surface area contributed by atoms with E-state index in [9.17, 15) is 18.0 Å². The third-order valence-electron chi connectivity index (χ3n) is 3.69. The molecular formula is C17H14ClF3N4O2S. The number of anilines is 1. The standard InChI is InChI=1S/C17H14ClF3N4O2S/c1-27-12-4-2-11(3-5-12)22-14(26)6-7-28-16-24-23-15-13(18)8-10(9-25(15)16)17(19,20)21/h2-5,8-9H,6-7H2,1H3,(H,22,26). The van der Waals surface area contributed by atoms with Crippen LogP contribution in [0.3, 0.4) is 0 Å². The van der Waals surface area contributed by atoms with Crippen LogP contribution in [-0.2, 0) is 11.0 Å². The van der Waals surface area contributed by atoms with Crippen molar-refractivity contribution >= 4 is 40.6 Å². The highest BCUT2D eigenvalue weighted by molar-refractivity contribution is 7.99. The molecule has 0 unspecified atom stereocenters. The Hall–Kier alpha value is -2.46. The average molecular weight is 431 g/mol. The maximum absolute atomic E-state index is 13.0. The molecule has 11 heteroatoms. The first-order valence-corrected chi connectivity index (χ1v) is 9.32. The van der Waals surface area contributed by atoms with Crippen LogP contribution in [0.1, 0.15) is 12.0 Å². The summed E-state index contributed by atoms with van der Waals surface area (Å²) in [5, 5.41) is 10.5. The number of alkyl halides is 3. The topological polar surface area (TPSA) is 68.5 Å². The molecule has 0 bridgehead atoms. The second-order valence-corrected chi connectivity index (χ2v) is 7.10. The van der Waals surface area contributed by atoms with Crippen molar-refractivity contribution in [2.24, 2.45) is 0 Å². The molecule has 0 aliphatic heterocycles. The highest BCUT2D eigenvalue weighted by Gasteiger charge is 2.32. The molecule has 0 atom stereocenters. The van der Waals surface area contributed by atoms with Crippen molar-refractivity contribution in [3.8, 4) is 5.75 Å². The van der Waals surface area contributed by atoms with Crippen LogP contribution in [0.5, 0.6) is 5.75 Å². The predicted molar refractivity (Wildman–Crippen MR) is 100.0 cm³/mol. The van der Waals surface area contributed by atoms with Crippen LogP contribution in [0.2, 0.25) is 5.02 Å². The van der Waals surface area contributed by atoms with Gasteiger partial charge in [0.15, 0.2) is 10.8 Å². The number of ether oxygens (including phenoxy) is 1. The van der Waals surface area contributed by atoms with E-state index in [1.165, 1.54) is 4.40 Å². The van der Waals surface area contributed by atoms with E-state index in [0.29, 0.717) is 17.2 Å². The van der Waals surface area contributed by atoms with Crippen molar-refractivity contribution < 1.29 is 22.7 Å². The normalized spacial score (nSPS) is 11.6. The van der Waals surface area contributed by atoms with Gasteiger partial charge in [-0.25, -0.2) is 0 Å². The minimum atomic E-state index is -4.54. The number of nitrogens with one attached hydrogen (secondary N) is 1. The minimum Gasteiger partial charge on any atom is -0.497 e. The number of methoxy groups -OCH3 is 1. The van der Waals surface area contributed by atoms with Crippen molar-refractivity contribution in [2.75, 3.05) is 18.2 Å². The Morgan fingerprint density at radius 3 is 2.64 bits per heavy atom. The van der Waals surface area contributed by atoms with E-state index in [1.807, 2.05) is 0 Å². The van der Waals surface area contributed by atoms with Gasteiger partial charge in [-0.2, -0.15) is 13.2 Å². The molecule has 6 nitrogen and oxygen atoms in total. The largest absolute Gasteiger partial charge is 0.497 e. The zero-order chi connectivity index (χ0) is 20.3. The SMILES string of the molecule is COc1ccc(NC(=O)CCSc2nnc3c(Cl)cc(C(F)(F)F)cn23)cc1. The van der Waals surface area contributed by atoms with Crippen LogP contribution in [0.15, 0.2) is 41.7 Å². The second kappa shape index (κ2) is 8.27. The number of carbonyl (C=O) groups is 1. The van der Waals surface area contributed by atoms with Crippen LogP contribution in [0.4, 0.5) is 18.9 Å². The van der Waals surface area contributed by atoms with Crippen LogP contribution >= 0.6 is 23.4 Å². The molecule has 1 aromatic carbocycles. The van der Waals surface area contributed by atoms with E-state index in [0.717, 1.165) is 24.0 Å². The molecule has 2 heterocycles. The van der Waals surface area contributed by atoms with Gasteiger partial charge in [0.1, 0.15) is 5.75 Å². The molecule has 3 aromatic rings. The molecule has 0 fully saturated rings. The number of rotatable bonds is 6. The van der Waals surface area contributed by atoms with Gasteiger partial charge in [0.05, 0.1) is 17.7 Å². The zero-order valence-corrected chi connectivity index (χ0v) is 16.0. The summed E-state index contributed by atoms with van der Waals surface area (Å²) in [6.07, 6.45) is -3.51. The van der Waals surface area contributed by atoms with Gasteiger partial charge < -0.3 is 10.1 Å². The summed E-state index contributed by atoms with van der Waals surface area (Å²) < 4.78 is 45.1. The third-order valence-corrected chi connectivity index (χ3v) is 4.91. The third kappa shape index (κ3) is 4.68. The van der Waals surface area contributed by atoms with E-state index in [2.05, 4.69) is 15.5 Å². The van der Waals surface area contributed by atoms with E-state index < -0.39 is 11.7 Å². The number of carbonyl (C=O) groups excluding carboxylic acids is 1. The van der Waals surface area contributed by atoms with E-state index in [-0.39, 0.29) is 28.2 Å². The number of thioether (sulfide) groups is 1. The molecule has 0 saturated heterocycles. The minimum absolute atomic E-state index is 0.125. The van der Waals surface area contributed by atoms with Crippen molar-refractivity contribution in [2.45, 2.75) is 17.8 Å². The van der Waals surface area contributed by atoms with Crippen molar-refractivity contribution in [3.63, 3.8) is 0 Å². The molecule has 3 rings (SSSR count). The van der Waals surface area contributed by atoms with Gasteiger partial charge in [0.25, 0.3) is 0 Å². The highest BCUT2D eigenvalue weighted by Crippen LogP contribution is 2.33. The van der Waals surface area contributed by atoms with Crippen molar-refractivity contribution in [1.82, 2.24) is 14.6 Å². The Labute approximate surface area is 167 Å². The molecule has 1 amide bonds. The fourth-order valence-electron chi connectivity index (χ4n) is 2.32. The summed E-state index contributed by atoms with van der Waals surface area (Å²) in [6.45, 7) is 0. The highest BCUT2D eigenvalue weighted by atomic mass is 35.5. The Morgan fingerprint density at radius 2 is 2.00 bits per heavy atom. The number of aromatic nitrogens is 3. The summed E-state index contributed by atoms with van der Waals surface area (Å²) in [5.74, 6) is 0.737. The van der Waals surface area contributed by atoms with Gasteiger partial charge >= 0.3 is 6.18 Å². The first kappa shape index (κ1) is 20.3. The molecular weight excluding hydrogens is 417 g/mol. The Bertz CT molecular complexity index is 992. The van der Waals surface area contributed by atoms with E-state index in [4.69, 9.17) is 16.3 Å². The average Bonchev–Trinajstić information content (AvgIpc) is 3.05. The molecule has 0 aliphatic rings. The number of hydrogen-bond acceptors (Lipinski definition) is 5. The summed E-state index contributed by atoms with van der Waals surface area (Å²) >= 11 is 6.98. The van der Waals surface area contributed by atoms with Gasteiger partial charge in [-0.15, -0.1) is 10.2 Å². The molecule has 0 saturated carbocycles. The number of halogens is 4. The van der Waals surface area contributed by atoms with Gasteiger partial charge in [-0.05, 0) is 30.3 Å².